The van der Waals surface area contributed by atoms with E-state index in [1.807, 2.05) is 48.5 Å². The fraction of sp³-hybridized carbons (Fsp3) is 0.306. The second-order valence-corrected chi connectivity index (χ2v) is 11.2. The largest absolute Gasteiger partial charge is 0.495 e. The molecule has 3 aromatic carbocycles. The van der Waals surface area contributed by atoms with E-state index in [2.05, 4.69) is 26.8 Å². The Morgan fingerprint density at radius 3 is 2.40 bits per heavy atom. The quantitative estimate of drug-likeness (QED) is 0.186. The molecule has 9 heteroatoms. The number of esters is 1. The number of piperidine rings is 1. The number of carbonyl (C=O) groups is 1. The molecular formula is C36H38N4O5. The molecule has 0 radical (unpaired) electrons. The van der Waals surface area contributed by atoms with E-state index in [0.29, 0.717) is 34.3 Å². The number of aromatic nitrogens is 2. The van der Waals surface area contributed by atoms with Crippen molar-refractivity contribution < 1.29 is 23.7 Å². The van der Waals surface area contributed by atoms with Gasteiger partial charge in [0.15, 0.2) is 11.5 Å². The van der Waals surface area contributed by atoms with Crippen molar-refractivity contribution >= 4 is 28.4 Å². The smallest absolute Gasteiger partial charge is 0.337 e. The summed E-state index contributed by atoms with van der Waals surface area (Å²) in [6.45, 7) is 5.93. The van der Waals surface area contributed by atoms with Gasteiger partial charge in [0.2, 0.25) is 0 Å². The van der Waals surface area contributed by atoms with Gasteiger partial charge in [-0.1, -0.05) is 24.8 Å². The van der Waals surface area contributed by atoms with Crippen molar-refractivity contribution in [1.82, 2.24) is 14.9 Å². The molecule has 1 saturated heterocycles. The summed E-state index contributed by atoms with van der Waals surface area (Å²) in [5, 5.41) is 4.24. The third kappa shape index (κ3) is 6.29. The summed E-state index contributed by atoms with van der Waals surface area (Å²) in [5.74, 6) is 2.14. The van der Waals surface area contributed by atoms with Crippen LogP contribution in [0.3, 0.4) is 0 Å². The highest BCUT2D eigenvalue weighted by atomic mass is 16.5. The molecule has 1 N–H and O–H groups in total. The third-order valence-corrected chi connectivity index (χ3v) is 8.58. The van der Waals surface area contributed by atoms with Crippen LogP contribution >= 0.6 is 0 Å². The van der Waals surface area contributed by atoms with Crippen LogP contribution in [0.4, 0.5) is 11.5 Å². The van der Waals surface area contributed by atoms with Gasteiger partial charge in [-0.25, -0.2) is 14.8 Å². The first-order chi connectivity index (χ1) is 22.0. The van der Waals surface area contributed by atoms with Crippen LogP contribution in [-0.4, -0.2) is 61.4 Å². The van der Waals surface area contributed by atoms with Crippen LogP contribution in [0.25, 0.3) is 22.0 Å². The standard InChI is InChI=1S/C36H38N4O5/c1-5-31(23-8-6-9-23)40-16-14-27(15-17-40)45-34-20-28-29(21-33(34)43-3)37-22-38-35(28)39-30-19-25(12-13-32(30)42-2)24-10-7-11-26(18-24)36(41)44-4/h5,7,10-13,18-22,27H,1,6,8-9,14-17H2,2-4H3,(H,37,38,39). The highest BCUT2D eigenvalue weighted by molar-refractivity contribution is 5.94. The van der Waals surface area contributed by atoms with E-state index in [4.69, 9.17) is 18.9 Å². The number of carbonyl (C=O) groups excluding carboxylic acids is 1. The molecule has 6 rings (SSSR count). The molecule has 0 bridgehead atoms. The van der Waals surface area contributed by atoms with Crippen molar-refractivity contribution in [2.45, 2.75) is 38.2 Å². The fourth-order valence-electron chi connectivity index (χ4n) is 5.97. The molecule has 0 amide bonds. The van der Waals surface area contributed by atoms with Gasteiger partial charge in [0.1, 0.15) is 24.0 Å². The monoisotopic (exact) mass is 606 g/mol. The minimum Gasteiger partial charge on any atom is -0.495 e. The highest BCUT2D eigenvalue weighted by Gasteiger charge is 2.25. The van der Waals surface area contributed by atoms with Crippen LogP contribution in [0.15, 0.2) is 84.8 Å². The summed E-state index contributed by atoms with van der Waals surface area (Å²) in [4.78, 5) is 23.7. The number of rotatable bonds is 10. The van der Waals surface area contributed by atoms with Gasteiger partial charge in [-0.3, -0.25) is 0 Å². The lowest BCUT2D eigenvalue weighted by atomic mass is 9.89. The van der Waals surface area contributed by atoms with Crippen LogP contribution in [0, 0.1) is 0 Å². The number of likely N-dealkylation sites (tertiary alicyclic amines) is 1. The van der Waals surface area contributed by atoms with E-state index in [0.717, 1.165) is 48.0 Å². The van der Waals surface area contributed by atoms with Gasteiger partial charge in [-0.15, -0.1) is 0 Å². The van der Waals surface area contributed by atoms with Gasteiger partial charge in [0, 0.05) is 43.1 Å². The number of methoxy groups -OCH3 is 3. The molecule has 1 saturated carbocycles. The van der Waals surface area contributed by atoms with E-state index >= 15 is 0 Å². The number of allylic oxidation sites excluding steroid dienone is 2. The minimum absolute atomic E-state index is 0.0589. The normalized spacial score (nSPS) is 14.8. The Balaban J connectivity index is 1.27. The Labute approximate surface area is 263 Å². The lowest BCUT2D eigenvalue weighted by molar-refractivity contribution is 0.0600. The van der Waals surface area contributed by atoms with Crippen molar-refractivity contribution in [3.05, 3.63) is 90.4 Å². The summed E-state index contributed by atoms with van der Waals surface area (Å²) < 4.78 is 22.9. The molecule has 1 aromatic heterocycles. The van der Waals surface area contributed by atoms with Gasteiger partial charge in [0.25, 0.3) is 0 Å². The highest BCUT2D eigenvalue weighted by Crippen LogP contribution is 2.39. The number of anilines is 2. The van der Waals surface area contributed by atoms with Crippen molar-refractivity contribution in [3.8, 4) is 28.4 Å². The van der Waals surface area contributed by atoms with Crippen molar-refractivity contribution in [2.75, 3.05) is 39.7 Å². The first-order valence-electron chi connectivity index (χ1n) is 15.2. The van der Waals surface area contributed by atoms with Crippen molar-refractivity contribution in [1.29, 1.82) is 0 Å². The third-order valence-electron chi connectivity index (χ3n) is 8.58. The Morgan fingerprint density at radius 1 is 0.933 bits per heavy atom. The Morgan fingerprint density at radius 2 is 1.71 bits per heavy atom. The summed E-state index contributed by atoms with van der Waals surface area (Å²) in [5.41, 5.74) is 6.51. The molecule has 232 valence electrons. The molecular weight excluding hydrogens is 568 g/mol. The maximum atomic E-state index is 12.1. The molecule has 1 aliphatic heterocycles. The number of nitrogens with one attached hydrogen (secondary N) is 1. The van der Waals surface area contributed by atoms with E-state index in [-0.39, 0.29) is 12.1 Å². The van der Waals surface area contributed by atoms with Gasteiger partial charge < -0.3 is 29.2 Å². The summed E-state index contributed by atoms with van der Waals surface area (Å²) in [6, 6.07) is 16.9. The molecule has 0 atom stereocenters. The summed E-state index contributed by atoms with van der Waals surface area (Å²) in [6.07, 6.45) is 9.05. The SMILES string of the molecule is C=CC(=C1CCC1)N1CCC(Oc2cc3c(Nc4cc(-c5cccc(C(=O)OC)c5)ccc4OC)ncnc3cc2OC)CC1. The predicted molar refractivity (Wildman–Crippen MR) is 175 cm³/mol. The van der Waals surface area contributed by atoms with Gasteiger partial charge >= 0.3 is 5.97 Å². The van der Waals surface area contributed by atoms with Crippen LogP contribution in [0.2, 0.25) is 0 Å². The van der Waals surface area contributed by atoms with E-state index in [9.17, 15) is 4.79 Å². The van der Waals surface area contributed by atoms with E-state index in [1.165, 1.54) is 44.0 Å². The van der Waals surface area contributed by atoms with Gasteiger partial charge in [-0.05, 0) is 72.4 Å². The number of hydrogen-bond donors (Lipinski definition) is 1. The van der Waals surface area contributed by atoms with E-state index < -0.39 is 0 Å². The number of ether oxygens (including phenoxy) is 4. The van der Waals surface area contributed by atoms with E-state index in [1.54, 1.807) is 26.4 Å². The number of fused-ring (bicyclic) bond motifs is 1. The predicted octanol–water partition coefficient (Wildman–Crippen LogP) is 7.31. The number of nitrogens with zero attached hydrogens (tertiary/aromatic N) is 3. The summed E-state index contributed by atoms with van der Waals surface area (Å²) in [7, 11) is 4.64. The van der Waals surface area contributed by atoms with Gasteiger partial charge in [-0.2, -0.15) is 0 Å². The molecule has 1 aliphatic carbocycles. The fourth-order valence-corrected chi connectivity index (χ4v) is 5.97. The van der Waals surface area contributed by atoms with Gasteiger partial charge in [0.05, 0.1) is 38.1 Å². The first kappa shape index (κ1) is 30.0. The van der Waals surface area contributed by atoms with Crippen LogP contribution < -0.4 is 19.5 Å². The maximum absolute atomic E-state index is 12.1. The Bertz CT molecular complexity index is 1750. The summed E-state index contributed by atoms with van der Waals surface area (Å²) >= 11 is 0. The molecule has 2 heterocycles. The second-order valence-electron chi connectivity index (χ2n) is 11.2. The molecule has 0 unspecified atom stereocenters. The molecule has 2 aliphatic rings. The lowest BCUT2D eigenvalue weighted by Crippen LogP contribution is -2.38. The molecule has 0 spiro atoms. The number of benzene rings is 3. The first-order valence-corrected chi connectivity index (χ1v) is 15.2. The molecule has 9 nitrogen and oxygen atoms in total. The topological polar surface area (TPSA) is 95.0 Å². The maximum Gasteiger partial charge on any atom is 0.337 e. The average Bonchev–Trinajstić information content (AvgIpc) is 3.06. The zero-order valence-electron chi connectivity index (χ0n) is 26.0. The average molecular weight is 607 g/mol. The van der Waals surface area contributed by atoms with Crippen LogP contribution in [-0.2, 0) is 4.74 Å². The van der Waals surface area contributed by atoms with Crippen LogP contribution in [0.5, 0.6) is 17.2 Å². The Kier molecular flexibility index (Phi) is 8.86. The van der Waals surface area contributed by atoms with Crippen molar-refractivity contribution in [2.24, 2.45) is 0 Å². The number of hydrogen-bond acceptors (Lipinski definition) is 9. The second kappa shape index (κ2) is 13.3. The zero-order valence-corrected chi connectivity index (χ0v) is 26.0. The molecule has 4 aromatic rings. The lowest BCUT2D eigenvalue weighted by Gasteiger charge is -2.37. The van der Waals surface area contributed by atoms with Crippen LogP contribution in [0.1, 0.15) is 42.5 Å². The Hall–Kier alpha value is -5.05. The minimum atomic E-state index is -0.386. The zero-order chi connectivity index (χ0) is 31.3. The van der Waals surface area contributed by atoms with Crippen molar-refractivity contribution in [3.63, 3.8) is 0 Å². The molecule has 45 heavy (non-hydrogen) atoms. The molecule has 2 fully saturated rings.